The fourth-order valence-electron chi connectivity index (χ4n) is 3.61. The van der Waals surface area contributed by atoms with Gasteiger partial charge in [-0.1, -0.05) is 37.3 Å². The second-order valence-electron chi connectivity index (χ2n) is 7.91. The molecule has 3 nitrogen and oxygen atoms in total. The van der Waals surface area contributed by atoms with Gasteiger partial charge in [0.15, 0.2) is 24.0 Å². The molecule has 0 spiro atoms. The summed E-state index contributed by atoms with van der Waals surface area (Å²) >= 11 is 0. The highest BCUT2D eigenvalue weighted by Gasteiger charge is 2.29. The highest BCUT2D eigenvalue weighted by molar-refractivity contribution is 5.87. The molecule has 4 aromatic rings. The second-order valence-corrected chi connectivity index (χ2v) is 7.91. The van der Waals surface area contributed by atoms with E-state index in [1.807, 2.05) is 19.1 Å². The van der Waals surface area contributed by atoms with E-state index in [-0.39, 0.29) is 5.82 Å². The predicted octanol–water partition coefficient (Wildman–Crippen LogP) is 6.86. The standard InChI is InChI=1S/C26H21F5N2O/c1-2-16-13-32-25(33-14-16)20-8-9-21-19(12-20)7-6-18(24(21)28)5-3-17-4-10-23(22(27)11-17)34-15-26(29,30)31/h4,6-14H,2-3,5,15H2,1H3. The Morgan fingerprint density at radius 3 is 2.29 bits per heavy atom. The van der Waals surface area contributed by atoms with Crippen LogP contribution in [-0.2, 0) is 19.3 Å². The van der Waals surface area contributed by atoms with E-state index in [0.29, 0.717) is 40.6 Å². The van der Waals surface area contributed by atoms with E-state index in [4.69, 9.17) is 0 Å². The second kappa shape index (κ2) is 9.75. The van der Waals surface area contributed by atoms with Crippen LogP contribution in [0.1, 0.15) is 23.6 Å². The van der Waals surface area contributed by atoms with E-state index in [1.165, 1.54) is 6.07 Å². The Bertz CT molecular complexity index is 1300. The molecule has 0 unspecified atom stereocenters. The number of alkyl halides is 3. The van der Waals surface area contributed by atoms with Crippen molar-refractivity contribution in [3.63, 3.8) is 0 Å². The summed E-state index contributed by atoms with van der Waals surface area (Å²) in [6, 6.07) is 12.5. The van der Waals surface area contributed by atoms with Crippen LogP contribution in [0.25, 0.3) is 22.2 Å². The molecule has 0 bridgehead atoms. The molecule has 176 valence electrons. The van der Waals surface area contributed by atoms with Crippen LogP contribution < -0.4 is 4.74 Å². The van der Waals surface area contributed by atoms with E-state index in [2.05, 4.69) is 14.7 Å². The van der Waals surface area contributed by atoms with Gasteiger partial charge in [0, 0.05) is 23.3 Å². The number of aryl methyl sites for hydroxylation is 3. The Hall–Kier alpha value is -3.55. The van der Waals surface area contributed by atoms with Crippen molar-refractivity contribution in [3.8, 4) is 17.1 Å². The van der Waals surface area contributed by atoms with Crippen LogP contribution in [0.4, 0.5) is 22.0 Å². The zero-order valence-electron chi connectivity index (χ0n) is 18.3. The minimum Gasteiger partial charge on any atom is -0.481 e. The molecule has 3 aromatic carbocycles. The molecule has 8 heteroatoms. The van der Waals surface area contributed by atoms with Crippen molar-refractivity contribution in [2.45, 2.75) is 32.4 Å². The molecule has 0 saturated carbocycles. The number of hydrogen-bond acceptors (Lipinski definition) is 3. The number of fused-ring (bicyclic) bond motifs is 1. The quantitative estimate of drug-likeness (QED) is 0.276. The summed E-state index contributed by atoms with van der Waals surface area (Å²) in [5.74, 6) is -1.16. The van der Waals surface area contributed by atoms with Crippen LogP contribution >= 0.6 is 0 Å². The molecule has 0 atom stereocenters. The van der Waals surface area contributed by atoms with Gasteiger partial charge >= 0.3 is 6.18 Å². The van der Waals surface area contributed by atoms with E-state index >= 15 is 4.39 Å². The molecule has 0 N–H and O–H groups in total. The lowest BCUT2D eigenvalue weighted by molar-refractivity contribution is -0.153. The van der Waals surface area contributed by atoms with Crippen LogP contribution in [-0.4, -0.2) is 22.8 Å². The topological polar surface area (TPSA) is 35.0 Å². The summed E-state index contributed by atoms with van der Waals surface area (Å²) in [5.41, 5.74) is 2.80. The molecule has 0 aliphatic heterocycles. The highest BCUT2D eigenvalue weighted by atomic mass is 19.4. The first kappa shape index (κ1) is 23.6. The summed E-state index contributed by atoms with van der Waals surface area (Å²) in [4.78, 5) is 8.73. The van der Waals surface area contributed by atoms with Gasteiger partial charge in [-0.3, -0.25) is 0 Å². The molecule has 0 aliphatic carbocycles. The summed E-state index contributed by atoms with van der Waals surface area (Å²) in [6.45, 7) is 0.455. The van der Waals surface area contributed by atoms with Gasteiger partial charge in [0.25, 0.3) is 0 Å². The molecule has 0 fully saturated rings. The molecule has 0 saturated heterocycles. The van der Waals surface area contributed by atoms with Crippen LogP contribution in [0.5, 0.6) is 5.75 Å². The van der Waals surface area contributed by atoms with Crippen molar-refractivity contribution < 1.29 is 26.7 Å². The van der Waals surface area contributed by atoms with Crippen molar-refractivity contribution in [1.82, 2.24) is 9.97 Å². The third kappa shape index (κ3) is 5.50. The number of halogens is 5. The third-order valence-corrected chi connectivity index (χ3v) is 5.48. The Morgan fingerprint density at radius 2 is 1.62 bits per heavy atom. The summed E-state index contributed by atoms with van der Waals surface area (Å²) in [7, 11) is 0. The monoisotopic (exact) mass is 472 g/mol. The van der Waals surface area contributed by atoms with E-state index in [1.54, 1.807) is 30.6 Å². The van der Waals surface area contributed by atoms with Crippen molar-refractivity contribution in [2.24, 2.45) is 0 Å². The lowest BCUT2D eigenvalue weighted by Gasteiger charge is -2.11. The van der Waals surface area contributed by atoms with Gasteiger partial charge in [0.1, 0.15) is 5.82 Å². The molecule has 0 aliphatic rings. The van der Waals surface area contributed by atoms with Crippen molar-refractivity contribution in [2.75, 3.05) is 6.61 Å². The Balaban J connectivity index is 1.48. The Morgan fingerprint density at radius 1 is 0.853 bits per heavy atom. The number of hydrogen-bond donors (Lipinski definition) is 0. The predicted molar refractivity (Wildman–Crippen MR) is 120 cm³/mol. The average molecular weight is 472 g/mol. The van der Waals surface area contributed by atoms with Crippen molar-refractivity contribution >= 4 is 10.8 Å². The molecule has 4 rings (SSSR count). The Kier molecular flexibility index (Phi) is 6.77. The van der Waals surface area contributed by atoms with Gasteiger partial charge in [-0.25, -0.2) is 18.7 Å². The molecule has 34 heavy (non-hydrogen) atoms. The maximum absolute atomic E-state index is 15.1. The Labute approximate surface area is 193 Å². The van der Waals surface area contributed by atoms with Crippen molar-refractivity contribution in [1.29, 1.82) is 0 Å². The molecule has 1 heterocycles. The molecular formula is C26H21F5N2O. The summed E-state index contributed by atoms with van der Waals surface area (Å²) in [5, 5.41) is 1.16. The van der Waals surface area contributed by atoms with Gasteiger partial charge in [-0.05, 0) is 59.5 Å². The van der Waals surface area contributed by atoms with E-state index in [9.17, 15) is 17.6 Å². The minimum absolute atomic E-state index is 0.299. The number of benzene rings is 3. The minimum atomic E-state index is -4.55. The lowest BCUT2D eigenvalue weighted by Crippen LogP contribution is -2.19. The SMILES string of the molecule is CCc1cnc(-c2ccc3c(F)c(CCc4ccc(OCC(F)(F)F)c(F)c4)ccc3c2)nc1. The maximum Gasteiger partial charge on any atom is 0.422 e. The summed E-state index contributed by atoms with van der Waals surface area (Å²) < 4.78 is 70.5. The number of ether oxygens (including phenoxy) is 1. The van der Waals surface area contributed by atoms with Gasteiger partial charge < -0.3 is 4.74 Å². The average Bonchev–Trinajstić information content (AvgIpc) is 2.82. The zero-order valence-corrected chi connectivity index (χ0v) is 18.3. The van der Waals surface area contributed by atoms with Crippen LogP contribution in [0.2, 0.25) is 0 Å². The molecular weight excluding hydrogens is 451 g/mol. The van der Waals surface area contributed by atoms with Gasteiger partial charge in [-0.15, -0.1) is 0 Å². The van der Waals surface area contributed by atoms with E-state index in [0.717, 1.165) is 29.7 Å². The van der Waals surface area contributed by atoms with Crippen molar-refractivity contribution in [3.05, 3.63) is 89.2 Å². The van der Waals surface area contributed by atoms with Crippen LogP contribution in [0.15, 0.2) is 60.9 Å². The number of nitrogens with zero attached hydrogens (tertiary/aromatic N) is 2. The van der Waals surface area contributed by atoms with Gasteiger partial charge in [0.2, 0.25) is 0 Å². The first-order chi connectivity index (χ1) is 16.2. The molecule has 0 radical (unpaired) electrons. The van der Waals surface area contributed by atoms with E-state index < -0.39 is 24.3 Å². The lowest BCUT2D eigenvalue weighted by atomic mass is 9.99. The first-order valence-corrected chi connectivity index (χ1v) is 10.7. The third-order valence-electron chi connectivity index (χ3n) is 5.48. The largest absolute Gasteiger partial charge is 0.481 e. The highest BCUT2D eigenvalue weighted by Crippen LogP contribution is 2.27. The first-order valence-electron chi connectivity index (χ1n) is 10.7. The van der Waals surface area contributed by atoms with Gasteiger partial charge in [0.05, 0.1) is 0 Å². The maximum atomic E-state index is 15.1. The smallest absolute Gasteiger partial charge is 0.422 e. The fraction of sp³-hybridized carbons (Fsp3) is 0.231. The normalized spacial score (nSPS) is 11.7. The summed E-state index contributed by atoms with van der Waals surface area (Å²) in [6.07, 6.45) is 0.449. The number of aromatic nitrogens is 2. The number of rotatable bonds is 7. The zero-order chi connectivity index (χ0) is 24.3. The van der Waals surface area contributed by atoms with Crippen LogP contribution in [0, 0.1) is 11.6 Å². The fourth-order valence-corrected chi connectivity index (χ4v) is 3.61. The molecule has 1 aromatic heterocycles. The van der Waals surface area contributed by atoms with Gasteiger partial charge in [-0.2, -0.15) is 13.2 Å². The van der Waals surface area contributed by atoms with Crippen LogP contribution in [0.3, 0.4) is 0 Å². The molecule has 0 amide bonds.